The third-order valence-electron chi connectivity index (χ3n) is 3.00. The van der Waals surface area contributed by atoms with Gasteiger partial charge in [0.15, 0.2) is 0 Å². The molecular formula is C15H14ClN3OS. The highest BCUT2D eigenvalue weighted by atomic mass is 35.5. The van der Waals surface area contributed by atoms with Gasteiger partial charge in [-0.05, 0) is 24.3 Å². The molecule has 0 saturated carbocycles. The number of alkyl halides is 1. The van der Waals surface area contributed by atoms with Crippen LogP contribution in [0.2, 0.25) is 0 Å². The molecule has 2 aromatic heterocycles. The van der Waals surface area contributed by atoms with Crippen molar-refractivity contribution < 1.29 is 5.11 Å². The zero-order valence-corrected chi connectivity index (χ0v) is 12.7. The summed E-state index contributed by atoms with van der Waals surface area (Å²) < 4.78 is 0. The van der Waals surface area contributed by atoms with Crippen LogP contribution in [0.1, 0.15) is 0 Å². The predicted octanol–water partition coefficient (Wildman–Crippen LogP) is 3.37. The molecule has 0 radical (unpaired) electrons. The maximum absolute atomic E-state index is 9.49. The van der Waals surface area contributed by atoms with Gasteiger partial charge in [0.25, 0.3) is 0 Å². The highest BCUT2D eigenvalue weighted by molar-refractivity contribution is 7.21. The monoisotopic (exact) mass is 319 g/mol. The number of hydrogen-bond donors (Lipinski definition) is 2. The summed E-state index contributed by atoms with van der Waals surface area (Å²) in [6.07, 6.45) is 1.22. The molecule has 3 aromatic rings. The fourth-order valence-corrected chi connectivity index (χ4v) is 2.96. The van der Waals surface area contributed by atoms with Gasteiger partial charge in [-0.25, -0.2) is 9.97 Å². The highest BCUT2D eigenvalue weighted by Gasteiger charge is 2.08. The molecule has 0 fully saturated rings. The molecule has 6 heteroatoms. The number of aliphatic hydroxyl groups excluding tert-OH is 1. The molecule has 0 aliphatic rings. The van der Waals surface area contributed by atoms with Crippen LogP contribution in [-0.4, -0.2) is 33.6 Å². The fourth-order valence-electron chi connectivity index (χ4n) is 1.95. The summed E-state index contributed by atoms with van der Waals surface area (Å²) in [7, 11) is 0. The summed E-state index contributed by atoms with van der Waals surface area (Å²) in [5, 5.41) is 13.6. The van der Waals surface area contributed by atoms with Crippen molar-refractivity contribution in [3.8, 4) is 10.6 Å². The standard InChI is InChI=1S/C15H14ClN3OS/c16-8-12(20)9-18-11-4-1-3-10(7-11)14-19-13-5-2-6-17-15(13)21-14/h1-7,12,18,20H,8-9H2. The number of anilines is 1. The first kappa shape index (κ1) is 14.3. The molecule has 0 amide bonds. The Morgan fingerprint density at radius 2 is 2.19 bits per heavy atom. The van der Waals surface area contributed by atoms with Crippen molar-refractivity contribution in [2.45, 2.75) is 6.10 Å². The average molecular weight is 320 g/mol. The van der Waals surface area contributed by atoms with E-state index >= 15 is 0 Å². The molecule has 1 aromatic carbocycles. The summed E-state index contributed by atoms with van der Waals surface area (Å²) in [5.41, 5.74) is 2.88. The van der Waals surface area contributed by atoms with Crippen LogP contribution in [0.5, 0.6) is 0 Å². The molecule has 4 nitrogen and oxygen atoms in total. The number of rotatable bonds is 5. The van der Waals surface area contributed by atoms with Crippen LogP contribution in [0.25, 0.3) is 20.9 Å². The first-order valence-corrected chi connectivity index (χ1v) is 7.91. The third kappa shape index (κ3) is 3.32. The second-order valence-corrected chi connectivity index (χ2v) is 5.90. The molecule has 0 aliphatic heterocycles. The van der Waals surface area contributed by atoms with E-state index in [0.717, 1.165) is 26.6 Å². The van der Waals surface area contributed by atoms with Crippen molar-refractivity contribution in [2.24, 2.45) is 0 Å². The van der Waals surface area contributed by atoms with E-state index in [4.69, 9.17) is 11.6 Å². The Morgan fingerprint density at radius 3 is 3.00 bits per heavy atom. The summed E-state index contributed by atoms with van der Waals surface area (Å²) in [5.74, 6) is 0.218. The number of nitrogens with one attached hydrogen (secondary N) is 1. The molecule has 0 spiro atoms. The number of halogens is 1. The Hall–Kier alpha value is -1.69. The molecule has 1 atom stereocenters. The Morgan fingerprint density at radius 1 is 1.29 bits per heavy atom. The Bertz CT molecular complexity index is 713. The summed E-state index contributed by atoms with van der Waals surface area (Å²) >= 11 is 7.15. The van der Waals surface area contributed by atoms with Gasteiger partial charge >= 0.3 is 0 Å². The van der Waals surface area contributed by atoms with E-state index < -0.39 is 6.10 Å². The Balaban J connectivity index is 1.85. The number of fused-ring (bicyclic) bond motifs is 1. The second kappa shape index (κ2) is 6.39. The third-order valence-corrected chi connectivity index (χ3v) is 4.38. The average Bonchev–Trinajstić information content (AvgIpc) is 2.97. The number of thiazole rings is 1. The van der Waals surface area contributed by atoms with Crippen LogP contribution < -0.4 is 5.32 Å². The largest absolute Gasteiger partial charge is 0.390 e. The van der Waals surface area contributed by atoms with E-state index in [-0.39, 0.29) is 5.88 Å². The van der Waals surface area contributed by atoms with Gasteiger partial charge in [-0.1, -0.05) is 23.5 Å². The fraction of sp³-hybridized carbons (Fsp3) is 0.200. The number of nitrogens with zero attached hydrogens (tertiary/aromatic N) is 2. The molecule has 2 heterocycles. The SMILES string of the molecule is OC(CCl)CNc1cccc(-c2nc3cccnc3s2)c1. The topological polar surface area (TPSA) is 58.0 Å². The quantitative estimate of drug-likeness (QED) is 0.708. The minimum Gasteiger partial charge on any atom is -0.390 e. The van der Waals surface area contributed by atoms with E-state index in [2.05, 4.69) is 15.3 Å². The van der Waals surface area contributed by atoms with Crippen LogP contribution in [-0.2, 0) is 0 Å². The number of pyridine rings is 1. The van der Waals surface area contributed by atoms with Gasteiger partial charge < -0.3 is 10.4 Å². The van der Waals surface area contributed by atoms with Crippen molar-refractivity contribution >= 4 is 39.0 Å². The number of aliphatic hydroxyl groups is 1. The van der Waals surface area contributed by atoms with Crippen LogP contribution in [0.15, 0.2) is 42.6 Å². The van der Waals surface area contributed by atoms with E-state index in [9.17, 15) is 5.11 Å². The zero-order valence-electron chi connectivity index (χ0n) is 11.2. The van der Waals surface area contributed by atoms with Gasteiger partial charge in [0.2, 0.25) is 0 Å². The lowest BCUT2D eigenvalue weighted by molar-refractivity contribution is 0.211. The van der Waals surface area contributed by atoms with Crippen LogP contribution in [0, 0.1) is 0 Å². The first-order valence-electron chi connectivity index (χ1n) is 6.56. The number of benzene rings is 1. The van der Waals surface area contributed by atoms with E-state index in [1.807, 2.05) is 36.4 Å². The molecule has 0 aliphatic carbocycles. The molecule has 0 saturated heterocycles. The van der Waals surface area contributed by atoms with Gasteiger partial charge in [-0.3, -0.25) is 0 Å². The Labute approximate surface area is 131 Å². The first-order chi connectivity index (χ1) is 10.3. The van der Waals surface area contributed by atoms with Gasteiger partial charge in [0.05, 0.1) is 12.0 Å². The predicted molar refractivity (Wildman–Crippen MR) is 88.1 cm³/mol. The second-order valence-electron chi connectivity index (χ2n) is 4.62. The van der Waals surface area contributed by atoms with Crippen LogP contribution in [0.4, 0.5) is 5.69 Å². The highest BCUT2D eigenvalue weighted by Crippen LogP contribution is 2.30. The van der Waals surface area contributed by atoms with E-state index in [0.29, 0.717) is 6.54 Å². The minimum absolute atomic E-state index is 0.218. The normalized spacial score (nSPS) is 12.5. The molecule has 2 N–H and O–H groups in total. The molecule has 0 bridgehead atoms. The maximum Gasteiger partial charge on any atom is 0.143 e. The van der Waals surface area contributed by atoms with Crippen LogP contribution >= 0.6 is 22.9 Å². The lowest BCUT2D eigenvalue weighted by atomic mass is 10.2. The summed E-state index contributed by atoms with van der Waals surface area (Å²) in [6.45, 7) is 0.425. The van der Waals surface area contributed by atoms with Crippen molar-refractivity contribution in [1.82, 2.24) is 9.97 Å². The summed E-state index contributed by atoms with van der Waals surface area (Å²) in [6, 6.07) is 11.8. The summed E-state index contributed by atoms with van der Waals surface area (Å²) in [4.78, 5) is 9.84. The van der Waals surface area contributed by atoms with Gasteiger partial charge in [-0.2, -0.15) is 0 Å². The molecule has 1 unspecified atom stereocenters. The maximum atomic E-state index is 9.49. The molecule has 108 valence electrons. The van der Waals surface area contributed by atoms with Gasteiger partial charge in [-0.15, -0.1) is 11.6 Å². The number of hydrogen-bond acceptors (Lipinski definition) is 5. The Kier molecular flexibility index (Phi) is 4.34. The van der Waals surface area contributed by atoms with E-state index in [1.165, 1.54) is 0 Å². The van der Waals surface area contributed by atoms with Crippen LogP contribution in [0.3, 0.4) is 0 Å². The van der Waals surface area contributed by atoms with Gasteiger partial charge in [0, 0.05) is 24.0 Å². The lowest BCUT2D eigenvalue weighted by Crippen LogP contribution is -2.20. The van der Waals surface area contributed by atoms with Gasteiger partial charge in [0.1, 0.15) is 15.4 Å². The molecule has 3 rings (SSSR count). The van der Waals surface area contributed by atoms with Crippen molar-refractivity contribution in [3.05, 3.63) is 42.6 Å². The van der Waals surface area contributed by atoms with Crippen molar-refractivity contribution in [3.63, 3.8) is 0 Å². The smallest absolute Gasteiger partial charge is 0.143 e. The molecule has 21 heavy (non-hydrogen) atoms. The minimum atomic E-state index is -0.554. The number of aromatic nitrogens is 2. The molecular weight excluding hydrogens is 306 g/mol. The van der Waals surface area contributed by atoms with Crippen molar-refractivity contribution in [2.75, 3.05) is 17.7 Å². The lowest BCUT2D eigenvalue weighted by Gasteiger charge is -2.10. The van der Waals surface area contributed by atoms with Crippen molar-refractivity contribution in [1.29, 1.82) is 0 Å². The van der Waals surface area contributed by atoms with E-state index in [1.54, 1.807) is 17.5 Å². The zero-order chi connectivity index (χ0) is 14.7.